The van der Waals surface area contributed by atoms with Crippen LogP contribution in [0, 0.1) is 5.41 Å². The molecule has 1 N–H and O–H groups in total. The smallest absolute Gasteiger partial charge is 0.229 e. The minimum absolute atomic E-state index is 0.115. The fraction of sp³-hybridized carbons (Fsp3) is 0.581. The quantitative estimate of drug-likeness (QED) is 0.404. The van der Waals surface area contributed by atoms with Crippen LogP contribution in [0.4, 0.5) is 11.8 Å². The fourth-order valence-corrected chi connectivity index (χ4v) is 5.40. The summed E-state index contributed by atoms with van der Waals surface area (Å²) in [7, 11) is 1.72. The molecule has 0 bridgehead atoms. The summed E-state index contributed by atoms with van der Waals surface area (Å²) in [5.74, 6) is 2.51. The molecule has 0 aliphatic carbocycles. The largest absolute Gasteiger partial charge is 0.496 e. The summed E-state index contributed by atoms with van der Waals surface area (Å²) in [6.45, 7) is 17.2. The van der Waals surface area contributed by atoms with Crippen molar-refractivity contribution in [2.75, 3.05) is 62.8 Å². The third-order valence-electron chi connectivity index (χ3n) is 7.48. The van der Waals surface area contributed by atoms with E-state index in [0.717, 1.165) is 79.5 Å². The molecular weight excluding hydrogens is 504 g/mol. The predicted molar refractivity (Wildman–Crippen MR) is 160 cm³/mol. The van der Waals surface area contributed by atoms with Crippen LogP contribution in [0.25, 0.3) is 22.3 Å². The number of nitrogens with one attached hydrogen (secondary N) is 1. The van der Waals surface area contributed by atoms with Crippen LogP contribution in [-0.4, -0.2) is 80.2 Å². The van der Waals surface area contributed by atoms with Gasteiger partial charge in [0.1, 0.15) is 11.6 Å². The average Bonchev–Trinajstić information content (AvgIpc) is 2.93. The molecule has 9 heteroatoms. The molecule has 9 nitrogen and oxygen atoms in total. The lowest BCUT2D eigenvalue weighted by molar-refractivity contribution is -0.00570. The van der Waals surface area contributed by atoms with Crippen molar-refractivity contribution >= 4 is 22.8 Å². The highest BCUT2D eigenvalue weighted by atomic mass is 16.5. The molecule has 2 aromatic heterocycles. The first kappa shape index (κ1) is 28.5. The molecule has 2 aliphatic heterocycles. The van der Waals surface area contributed by atoms with Crippen molar-refractivity contribution < 1.29 is 14.2 Å². The monoisotopic (exact) mass is 548 g/mol. The van der Waals surface area contributed by atoms with Gasteiger partial charge in [0, 0.05) is 43.9 Å². The number of morpholine rings is 2. The third-order valence-corrected chi connectivity index (χ3v) is 7.48. The first-order valence-electron chi connectivity index (χ1n) is 14.5. The van der Waals surface area contributed by atoms with Crippen LogP contribution >= 0.6 is 0 Å². The van der Waals surface area contributed by atoms with Gasteiger partial charge in [0.25, 0.3) is 0 Å². The summed E-state index contributed by atoms with van der Waals surface area (Å²) in [6.07, 6.45) is 1.34. The Hall–Kier alpha value is -3.01. The molecular formula is C31H44N6O3. The van der Waals surface area contributed by atoms with Gasteiger partial charge in [0.15, 0.2) is 5.65 Å². The zero-order valence-corrected chi connectivity index (χ0v) is 24.9. The van der Waals surface area contributed by atoms with Gasteiger partial charge in [-0.25, -0.2) is 4.98 Å². The summed E-state index contributed by atoms with van der Waals surface area (Å²) in [5.41, 5.74) is 4.04. The Labute approximate surface area is 238 Å². The molecule has 40 heavy (non-hydrogen) atoms. The van der Waals surface area contributed by atoms with E-state index in [2.05, 4.69) is 74.0 Å². The number of pyridine rings is 1. The van der Waals surface area contributed by atoms with Gasteiger partial charge in [0.2, 0.25) is 5.95 Å². The maximum atomic E-state index is 5.98. The first-order valence-corrected chi connectivity index (χ1v) is 14.5. The second-order valence-electron chi connectivity index (χ2n) is 12.2. The molecule has 0 saturated carbocycles. The Morgan fingerprint density at radius 3 is 2.42 bits per heavy atom. The Kier molecular flexibility index (Phi) is 8.73. The zero-order chi connectivity index (χ0) is 28.3. The van der Waals surface area contributed by atoms with E-state index in [1.165, 1.54) is 0 Å². The number of benzene rings is 1. The van der Waals surface area contributed by atoms with Crippen LogP contribution in [0.2, 0.25) is 0 Å². The number of ether oxygens (including phenoxy) is 3. The average molecular weight is 549 g/mol. The van der Waals surface area contributed by atoms with Crippen LogP contribution in [-0.2, 0) is 16.0 Å². The lowest BCUT2D eigenvalue weighted by atomic mass is 9.92. The van der Waals surface area contributed by atoms with Gasteiger partial charge in [0.05, 0.1) is 43.6 Å². The summed E-state index contributed by atoms with van der Waals surface area (Å²) in [4.78, 5) is 19.7. The number of nitrogens with zero attached hydrogens (tertiary/aromatic N) is 5. The number of hydrogen-bond acceptors (Lipinski definition) is 9. The van der Waals surface area contributed by atoms with Crippen LogP contribution in [0.3, 0.4) is 0 Å². The third kappa shape index (κ3) is 6.82. The molecule has 5 rings (SSSR count). The van der Waals surface area contributed by atoms with E-state index < -0.39 is 0 Å². The van der Waals surface area contributed by atoms with Gasteiger partial charge in [-0.1, -0.05) is 20.8 Å². The number of fused-ring (bicyclic) bond motifs is 1. The number of anilines is 2. The molecule has 0 amide bonds. The SMILES string of the molecule is COc1ccc(-c2ccc3c(N4CCOCC4)nc(N4CC(C)OC(C)C4)nc3n2)cc1CNCCC(C)(C)C. The fourth-order valence-electron chi connectivity index (χ4n) is 5.40. The zero-order valence-electron chi connectivity index (χ0n) is 24.9. The maximum absolute atomic E-state index is 5.98. The number of methoxy groups -OCH3 is 1. The molecule has 0 spiro atoms. The van der Waals surface area contributed by atoms with Crippen LogP contribution in [0.15, 0.2) is 30.3 Å². The Morgan fingerprint density at radius 1 is 0.975 bits per heavy atom. The molecule has 2 atom stereocenters. The molecule has 2 saturated heterocycles. The summed E-state index contributed by atoms with van der Waals surface area (Å²) >= 11 is 0. The van der Waals surface area contributed by atoms with Gasteiger partial charge >= 0.3 is 0 Å². The lowest BCUT2D eigenvalue weighted by Crippen LogP contribution is -2.46. The van der Waals surface area contributed by atoms with Gasteiger partial charge in [-0.2, -0.15) is 9.97 Å². The standard InChI is InChI=1S/C31H44N6O3/c1-21-19-37(20-22(2)40-21)30-34-28-25(29(35-30)36-13-15-39-16-14-36)8-9-26(33-28)23-7-10-27(38-6)24(17-23)18-32-12-11-31(3,4)5/h7-10,17,21-22,32H,11-16,18-20H2,1-6H3. The predicted octanol–water partition coefficient (Wildman–Crippen LogP) is 4.68. The Bertz CT molecular complexity index is 1290. The van der Waals surface area contributed by atoms with Gasteiger partial charge < -0.3 is 29.3 Å². The highest BCUT2D eigenvalue weighted by molar-refractivity contribution is 5.90. The van der Waals surface area contributed by atoms with E-state index in [1.807, 2.05) is 6.07 Å². The van der Waals surface area contributed by atoms with Crippen molar-refractivity contribution in [3.8, 4) is 17.0 Å². The Balaban J connectivity index is 1.49. The van der Waals surface area contributed by atoms with Crippen LogP contribution in [0.5, 0.6) is 5.75 Å². The minimum Gasteiger partial charge on any atom is -0.496 e. The summed E-state index contributed by atoms with van der Waals surface area (Å²) < 4.78 is 17.3. The van der Waals surface area contributed by atoms with E-state index in [9.17, 15) is 0 Å². The van der Waals surface area contributed by atoms with Crippen molar-refractivity contribution in [1.29, 1.82) is 0 Å². The molecule has 1 aromatic carbocycles. The molecule has 4 heterocycles. The van der Waals surface area contributed by atoms with Gasteiger partial charge in [-0.05, 0) is 62.6 Å². The van der Waals surface area contributed by atoms with E-state index in [4.69, 9.17) is 29.2 Å². The lowest BCUT2D eigenvalue weighted by Gasteiger charge is -2.36. The summed E-state index contributed by atoms with van der Waals surface area (Å²) in [6, 6.07) is 10.5. The second kappa shape index (κ2) is 12.2. The van der Waals surface area contributed by atoms with Crippen molar-refractivity contribution in [3.63, 3.8) is 0 Å². The normalized spacial score (nSPS) is 20.2. The van der Waals surface area contributed by atoms with E-state index in [-0.39, 0.29) is 12.2 Å². The van der Waals surface area contributed by atoms with E-state index in [0.29, 0.717) is 30.2 Å². The molecule has 2 unspecified atom stereocenters. The Morgan fingerprint density at radius 2 is 1.73 bits per heavy atom. The molecule has 0 radical (unpaired) electrons. The topological polar surface area (TPSA) is 84.9 Å². The van der Waals surface area contributed by atoms with Gasteiger partial charge in [-0.3, -0.25) is 0 Å². The van der Waals surface area contributed by atoms with Crippen molar-refractivity contribution in [2.45, 2.75) is 59.8 Å². The maximum Gasteiger partial charge on any atom is 0.229 e. The van der Waals surface area contributed by atoms with Crippen molar-refractivity contribution in [3.05, 3.63) is 35.9 Å². The molecule has 3 aromatic rings. The van der Waals surface area contributed by atoms with E-state index in [1.54, 1.807) is 7.11 Å². The van der Waals surface area contributed by atoms with E-state index >= 15 is 0 Å². The number of hydrogen-bond donors (Lipinski definition) is 1. The van der Waals surface area contributed by atoms with Crippen LogP contribution < -0.4 is 19.9 Å². The second-order valence-corrected chi connectivity index (χ2v) is 12.2. The first-order chi connectivity index (χ1) is 19.2. The summed E-state index contributed by atoms with van der Waals surface area (Å²) in [5, 5.41) is 4.54. The highest BCUT2D eigenvalue weighted by Gasteiger charge is 2.27. The molecule has 2 aliphatic rings. The van der Waals surface area contributed by atoms with Crippen molar-refractivity contribution in [1.82, 2.24) is 20.3 Å². The number of rotatable bonds is 8. The van der Waals surface area contributed by atoms with Crippen molar-refractivity contribution in [2.24, 2.45) is 5.41 Å². The van der Waals surface area contributed by atoms with Gasteiger partial charge in [-0.15, -0.1) is 0 Å². The molecule has 2 fully saturated rings. The highest BCUT2D eigenvalue weighted by Crippen LogP contribution is 2.31. The minimum atomic E-state index is 0.115. The number of aromatic nitrogens is 3. The van der Waals surface area contributed by atoms with Crippen LogP contribution in [0.1, 0.15) is 46.6 Å². The molecule has 216 valence electrons.